The van der Waals surface area contributed by atoms with Crippen LogP contribution in [0.25, 0.3) is 0 Å². The van der Waals surface area contributed by atoms with Gasteiger partial charge in [-0.25, -0.2) is 4.39 Å². The number of nitrogens with zero attached hydrogens (tertiary/aromatic N) is 1. The van der Waals surface area contributed by atoms with E-state index in [2.05, 4.69) is 32.3 Å². The molecule has 1 aromatic rings. The van der Waals surface area contributed by atoms with Gasteiger partial charge in [0.25, 0.3) is 0 Å². The van der Waals surface area contributed by atoms with Gasteiger partial charge >= 0.3 is 0 Å². The average molecular weight is 312 g/mol. The van der Waals surface area contributed by atoms with E-state index in [9.17, 15) is 4.39 Å². The van der Waals surface area contributed by atoms with Crippen molar-refractivity contribution in [3.8, 4) is 0 Å². The van der Waals surface area contributed by atoms with Crippen LogP contribution in [0.3, 0.4) is 0 Å². The number of nitrogens with one attached hydrogen (secondary N) is 1. The van der Waals surface area contributed by atoms with Gasteiger partial charge in [0.15, 0.2) is 0 Å². The van der Waals surface area contributed by atoms with Crippen LogP contribution in [0, 0.1) is 5.82 Å². The molecule has 0 fully saturated rings. The average Bonchev–Trinajstić information content (AvgIpc) is 2.49. The summed E-state index contributed by atoms with van der Waals surface area (Å²) in [7, 11) is 1.97. The molecule has 0 spiro atoms. The monoisotopic (exact) mass is 312 g/mol. The molecule has 0 saturated carbocycles. The van der Waals surface area contributed by atoms with Crippen molar-refractivity contribution in [2.75, 3.05) is 30.5 Å². The lowest BCUT2D eigenvalue weighted by Crippen LogP contribution is -2.30. The van der Waals surface area contributed by atoms with Gasteiger partial charge in [-0.1, -0.05) is 13.0 Å². The molecule has 4 heteroatoms. The van der Waals surface area contributed by atoms with Crippen LogP contribution in [0.2, 0.25) is 0 Å². The third-order valence-electron chi connectivity index (χ3n) is 3.95. The molecule has 2 atom stereocenters. The summed E-state index contributed by atoms with van der Waals surface area (Å²) in [6.45, 7) is 7.31. The van der Waals surface area contributed by atoms with Crippen molar-refractivity contribution < 1.29 is 4.39 Å². The zero-order valence-corrected chi connectivity index (χ0v) is 14.8. The van der Waals surface area contributed by atoms with E-state index in [4.69, 9.17) is 0 Å². The second-order valence-electron chi connectivity index (χ2n) is 5.63. The molecule has 0 radical (unpaired) electrons. The van der Waals surface area contributed by atoms with E-state index in [0.717, 1.165) is 30.7 Å². The Morgan fingerprint density at radius 2 is 2.05 bits per heavy atom. The van der Waals surface area contributed by atoms with Crippen LogP contribution in [0.1, 0.15) is 45.2 Å². The lowest BCUT2D eigenvalue weighted by Gasteiger charge is -2.28. The Bertz CT molecular complexity index is 425. The summed E-state index contributed by atoms with van der Waals surface area (Å²) in [5, 5.41) is 3.39. The summed E-state index contributed by atoms with van der Waals surface area (Å²) >= 11 is 1.83. The van der Waals surface area contributed by atoms with Crippen molar-refractivity contribution >= 4 is 17.4 Å². The van der Waals surface area contributed by atoms with E-state index in [1.165, 1.54) is 0 Å². The van der Waals surface area contributed by atoms with Gasteiger partial charge in [-0.05, 0) is 62.9 Å². The number of thioether (sulfide) groups is 1. The fourth-order valence-electron chi connectivity index (χ4n) is 2.28. The second-order valence-corrected chi connectivity index (χ2v) is 6.61. The minimum Gasteiger partial charge on any atom is -0.369 e. The molecule has 1 N–H and O–H groups in total. The van der Waals surface area contributed by atoms with Crippen LogP contribution in [-0.4, -0.2) is 31.6 Å². The number of halogens is 1. The molecule has 2 unspecified atom stereocenters. The third-order valence-corrected chi connectivity index (χ3v) is 4.60. The minimum atomic E-state index is -0.129. The highest BCUT2D eigenvalue weighted by atomic mass is 32.2. The highest BCUT2D eigenvalue weighted by Gasteiger charge is 2.15. The maximum absolute atomic E-state index is 14.4. The van der Waals surface area contributed by atoms with Crippen LogP contribution in [0.4, 0.5) is 10.1 Å². The molecule has 0 aliphatic rings. The Labute approximate surface area is 133 Å². The highest BCUT2D eigenvalue weighted by Crippen LogP contribution is 2.25. The van der Waals surface area contributed by atoms with Crippen molar-refractivity contribution in [3.63, 3.8) is 0 Å². The van der Waals surface area contributed by atoms with Crippen molar-refractivity contribution in [3.05, 3.63) is 29.6 Å². The second kappa shape index (κ2) is 9.31. The van der Waals surface area contributed by atoms with Crippen LogP contribution in [-0.2, 0) is 0 Å². The van der Waals surface area contributed by atoms with Gasteiger partial charge in [0.2, 0.25) is 0 Å². The quantitative estimate of drug-likeness (QED) is 0.724. The van der Waals surface area contributed by atoms with Crippen LogP contribution in [0.15, 0.2) is 18.2 Å². The van der Waals surface area contributed by atoms with E-state index in [-0.39, 0.29) is 11.9 Å². The summed E-state index contributed by atoms with van der Waals surface area (Å²) in [6, 6.07) is 6.13. The van der Waals surface area contributed by atoms with Crippen LogP contribution < -0.4 is 10.2 Å². The predicted octanol–water partition coefficient (Wildman–Crippen LogP) is 4.46. The Balaban J connectivity index is 2.77. The smallest absolute Gasteiger partial charge is 0.146 e. The molecule has 1 aromatic carbocycles. The van der Waals surface area contributed by atoms with Gasteiger partial charge in [0.1, 0.15) is 5.82 Å². The molecule has 120 valence electrons. The fraction of sp³-hybridized carbons (Fsp3) is 0.647. The molecule has 0 bridgehead atoms. The molecule has 2 nitrogen and oxygen atoms in total. The maximum Gasteiger partial charge on any atom is 0.146 e. The fourth-order valence-corrected chi connectivity index (χ4v) is 2.85. The summed E-state index contributed by atoms with van der Waals surface area (Å²) in [4.78, 5) is 2.04. The van der Waals surface area contributed by atoms with Gasteiger partial charge in [0, 0.05) is 19.1 Å². The van der Waals surface area contributed by atoms with Crippen molar-refractivity contribution in [2.45, 2.75) is 45.7 Å². The standard InChI is InChI=1S/C17H29FN2S/c1-6-10-19-14(3)15-7-8-17(16(18)12-15)20(4)13(2)9-11-21-5/h7-8,12-14,19H,6,9-11H2,1-5H3. The Kier molecular flexibility index (Phi) is 8.12. The highest BCUT2D eigenvalue weighted by molar-refractivity contribution is 7.98. The Morgan fingerprint density at radius 3 is 2.62 bits per heavy atom. The topological polar surface area (TPSA) is 15.3 Å². The van der Waals surface area contributed by atoms with E-state index < -0.39 is 0 Å². The Hall–Kier alpha value is -0.740. The molecule has 0 saturated heterocycles. The van der Waals surface area contributed by atoms with Crippen LogP contribution in [0.5, 0.6) is 0 Å². The first-order valence-corrected chi connectivity index (χ1v) is 9.15. The van der Waals surface area contributed by atoms with Crippen LogP contribution >= 0.6 is 11.8 Å². The first-order chi connectivity index (χ1) is 10.0. The molecule has 0 aliphatic heterocycles. The maximum atomic E-state index is 14.4. The van der Waals surface area contributed by atoms with Gasteiger partial charge in [0.05, 0.1) is 5.69 Å². The molecule has 1 rings (SSSR count). The minimum absolute atomic E-state index is 0.129. The number of hydrogen-bond acceptors (Lipinski definition) is 3. The molecule has 0 aromatic heterocycles. The first-order valence-electron chi connectivity index (χ1n) is 7.75. The molecular weight excluding hydrogens is 283 g/mol. The lowest BCUT2D eigenvalue weighted by atomic mass is 10.1. The molecule has 0 aliphatic carbocycles. The number of benzene rings is 1. The zero-order valence-electron chi connectivity index (χ0n) is 13.9. The largest absolute Gasteiger partial charge is 0.369 e. The van der Waals surface area contributed by atoms with E-state index in [1.54, 1.807) is 6.07 Å². The lowest BCUT2D eigenvalue weighted by molar-refractivity contribution is 0.559. The van der Waals surface area contributed by atoms with Crippen molar-refractivity contribution in [2.24, 2.45) is 0 Å². The van der Waals surface area contributed by atoms with E-state index in [1.807, 2.05) is 35.8 Å². The molecular formula is C17H29FN2S. The van der Waals surface area contributed by atoms with Gasteiger partial charge < -0.3 is 10.2 Å². The Morgan fingerprint density at radius 1 is 1.33 bits per heavy atom. The van der Waals surface area contributed by atoms with Gasteiger partial charge in [-0.3, -0.25) is 0 Å². The summed E-state index contributed by atoms with van der Waals surface area (Å²) in [6.07, 6.45) is 4.25. The summed E-state index contributed by atoms with van der Waals surface area (Å²) in [5.74, 6) is 0.972. The number of hydrogen-bond donors (Lipinski definition) is 1. The summed E-state index contributed by atoms with van der Waals surface area (Å²) < 4.78 is 14.4. The zero-order chi connectivity index (χ0) is 15.8. The molecule has 21 heavy (non-hydrogen) atoms. The number of anilines is 1. The molecule has 0 amide bonds. The van der Waals surface area contributed by atoms with Crippen molar-refractivity contribution in [1.82, 2.24) is 5.32 Å². The molecule has 0 heterocycles. The van der Waals surface area contributed by atoms with Gasteiger partial charge in [-0.2, -0.15) is 11.8 Å². The van der Waals surface area contributed by atoms with E-state index in [0.29, 0.717) is 11.7 Å². The van der Waals surface area contributed by atoms with Gasteiger partial charge in [-0.15, -0.1) is 0 Å². The van der Waals surface area contributed by atoms with Crippen molar-refractivity contribution in [1.29, 1.82) is 0 Å². The first kappa shape index (κ1) is 18.3. The predicted molar refractivity (Wildman–Crippen MR) is 94.0 cm³/mol. The summed E-state index contributed by atoms with van der Waals surface area (Å²) in [5.41, 5.74) is 1.70. The third kappa shape index (κ3) is 5.51. The SMILES string of the molecule is CCCNC(C)c1ccc(N(C)C(C)CCSC)c(F)c1. The number of rotatable bonds is 9. The normalized spacial score (nSPS) is 14.0. The van der Waals surface area contributed by atoms with E-state index >= 15 is 0 Å².